The third-order valence-electron chi connectivity index (χ3n) is 3.41. The van der Waals surface area contributed by atoms with Crippen molar-refractivity contribution in [2.75, 3.05) is 0 Å². The number of halogens is 3. The Labute approximate surface area is 99.0 Å². The van der Waals surface area contributed by atoms with E-state index >= 15 is 0 Å². The van der Waals surface area contributed by atoms with Crippen molar-refractivity contribution in [3.05, 3.63) is 34.9 Å². The van der Waals surface area contributed by atoms with Crippen molar-refractivity contribution < 1.29 is 13.2 Å². The van der Waals surface area contributed by atoms with Gasteiger partial charge in [-0.2, -0.15) is 13.2 Å². The van der Waals surface area contributed by atoms with Crippen LogP contribution in [0.2, 0.25) is 0 Å². The molecule has 0 spiro atoms. The molecule has 0 radical (unpaired) electrons. The molecule has 17 heavy (non-hydrogen) atoms. The zero-order valence-electron chi connectivity index (χ0n) is 9.99. The Bertz CT molecular complexity index is 419. The van der Waals surface area contributed by atoms with Crippen LogP contribution in [0.1, 0.15) is 29.5 Å². The molecule has 0 unspecified atom stereocenters. The molecule has 1 aliphatic carbocycles. The fourth-order valence-corrected chi connectivity index (χ4v) is 1.99. The van der Waals surface area contributed by atoms with E-state index in [2.05, 4.69) is 5.32 Å². The third kappa shape index (κ3) is 2.46. The van der Waals surface area contributed by atoms with Crippen LogP contribution in [0.5, 0.6) is 0 Å². The molecule has 1 aromatic rings. The lowest BCUT2D eigenvalue weighted by atomic mass is 10.1. The third-order valence-corrected chi connectivity index (χ3v) is 3.41. The van der Waals surface area contributed by atoms with Crippen LogP contribution in [0, 0.1) is 13.8 Å². The van der Waals surface area contributed by atoms with Gasteiger partial charge < -0.3 is 0 Å². The van der Waals surface area contributed by atoms with E-state index in [4.69, 9.17) is 0 Å². The van der Waals surface area contributed by atoms with Crippen molar-refractivity contribution in [1.29, 1.82) is 0 Å². The first-order valence-electron chi connectivity index (χ1n) is 5.72. The highest BCUT2D eigenvalue weighted by Gasteiger charge is 2.62. The molecule has 94 valence electrons. The van der Waals surface area contributed by atoms with Gasteiger partial charge >= 0.3 is 6.18 Å². The Hall–Kier alpha value is -1.03. The molecule has 2 rings (SSSR count). The maximum absolute atomic E-state index is 12.7. The fourth-order valence-electron chi connectivity index (χ4n) is 1.99. The summed E-state index contributed by atoms with van der Waals surface area (Å²) in [6, 6.07) is 5.81. The molecule has 1 nitrogen and oxygen atoms in total. The topological polar surface area (TPSA) is 12.0 Å². The number of aryl methyl sites for hydroxylation is 2. The van der Waals surface area contributed by atoms with E-state index in [0.29, 0.717) is 0 Å². The van der Waals surface area contributed by atoms with Gasteiger partial charge in [-0.25, -0.2) is 0 Å². The molecule has 1 N–H and O–H groups in total. The smallest absolute Gasteiger partial charge is 0.299 e. The van der Waals surface area contributed by atoms with E-state index in [1.807, 2.05) is 32.0 Å². The SMILES string of the molecule is Cc1ccc(CNC2(C(F)(F)F)CC2)c(C)c1. The van der Waals surface area contributed by atoms with Crippen LogP contribution in [0.25, 0.3) is 0 Å². The average Bonchev–Trinajstić information content (AvgIpc) is 2.96. The molecule has 1 aromatic carbocycles. The van der Waals surface area contributed by atoms with Gasteiger partial charge in [-0.3, -0.25) is 5.32 Å². The first-order chi connectivity index (χ1) is 7.84. The van der Waals surface area contributed by atoms with Gasteiger partial charge in [-0.15, -0.1) is 0 Å². The molecule has 1 fully saturated rings. The minimum absolute atomic E-state index is 0.196. The standard InChI is InChI=1S/C13H16F3N/c1-9-3-4-11(10(2)7-9)8-17-12(5-6-12)13(14,15)16/h3-4,7,17H,5-6,8H2,1-2H3. The maximum Gasteiger partial charge on any atom is 0.406 e. The molecular formula is C13H16F3N. The summed E-state index contributed by atoms with van der Waals surface area (Å²) >= 11 is 0. The monoisotopic (exact) mass is 243 g/mol. The van der Waals surface area contributed by atoms with E-state index in [9.17, 15) is 13.2 Å². The number of nitrogens with one attached hydrogen (secondary N) is 1. The Morgan fingerprint density at radius 3 is 2.35 bits per heavy atom. The van der Waals surface area contributed by atoms with Crippen molar-refractivity contribution in [1.82, 2.24) is 5.32 Å². The van der Waals surface area contributed by atoms with Crippen LogP contribution in [0.3, 0.4) is 0 Å². The molecule has 0 heterocycles. The Kier molecular flexibility index (Phi) is 2.94. The predicted molar refractivity (Wildman–Crippen MR) is 60.8 cm³/mol. The summed E-state index contributed by atoms with van der Waals surface area (Å²) in [5, 5.41) is 2.66. The van der Waals surface area contributed by atoms with E-state index in [-0.39, 0.29) is 19.4 Å². The number of alkyl halides is 3. The van der Waals surface area contributed by atoms with Crippen LogP contribution in [0.4, 0.5) is 13.2 Å². The van der Waals surface area contributed by atoms with Crippen molar-refractivity contribution in [2.24, 2.45) is 0 Å². The first kappa shape index (κ1) is 12.4. The normalized spacial score (nSPS) is 18.2. The summed E-state index contributed by atoms with van der Waals surface area (Å²) in [4.78, 5) is 0. The van der Waals surface area contributed by atoms with Gasteiger partial charge in [0.15, 0.2) is 0 Å². The Balaban J connectivity index is 2.04. The summed E-state index contributed by atoms with van der Waals surface area (Å²) in [6.07, 6.45) is -3.74. The molecular weight excluding hydrogens is 227 g/mol. The molecule has 1 aliphatic rings. The van der Waals surface area contributed by atoms with Crippen LogP contribution < -0.4 is 5.32 Å². The zero-order chi connectivity index (χ0) is 12.7. The molecule has 0 bridgehead atoms. The minimum atomic E-state index is -4.13. The second kappa shape index (κ2) is 4.02. The van der Waals surface area contributed by atoms with E-state index < -0.39 is 11.7 Å². The second-order valence-corrected chi connectivity index (χ2v) is 4.86. The quantitative estimate of drug-likeness (QED) is 0.857. The summed E-state index contributed by atoms with van der Waals surface area (Å²) in [6.45, 7) is 4.19. The number of benzene rings is 1. The van der Waals surface area contributed by atoms with Gasteiger partial charge in [0, 0.05) is 6.54 Å². The lowest BCUT2D eigenvalue weighted by Crippen LogP contribution is -2.44. The molecule has 0 saturated heterocycles. The van der Waals surface area contributed by atoms with Gasteiger partial charge in [-0.05, 0) is 37.8 Å². The molecule has 0 aliphatic heterocycles. The molecule has 0 amide bonds. The van der Waals surface area contributed by atoms with Crippen molar-refractivity contribution in [2.45, 2.75) is 44.9 Å². The molecule has 0 aromatic heterocycles. The van der Waals surface area contributed by atoms with Crippen LogP contribution in [-0.2, 0) is 6.54 Å². The summed E-state index contributed by atoms with van der Waals surface area (Å²) in [5.41, 5.74) is 1.48. The fraction of sp³-hybridized carbons (Fsp3) is 0.538. The van der Waals surface area contributed by atoms with E-state index in [1.54, 1.807) is 0 Å². The van der Waals surface area contributed by atoms with Crippen molar-refractivity contribution in [3.8, 4) is 0 Å². The average molecular weight is 243 g/mol. The van der Waals surface area contributed by atoms with Crippen LogP contribution >= 0.6 is 0 Å². The van der Waals surface area contributed by atoms with Gasteiger partial charge in [0.2, 0.25) is 0 Å². The zero-order valence-corrected chi connectivity index (χ0v) is 9.99. The van der Waals surface area contributed by atoms with E-state index in [0.717, 1.165) is 16.7 Å². The second-order valence-electron chi connectivity index (χ2n) is 4.86. The van der Waals surface area contributed by atoms with Crippen molar-refractivity contribution in [3.63, 3.8) is 0 Å². The highest BCUT2D eigenvalue weighted by atomic mass is 19.4. The molecule has 1 saturated carbocycles. The van der Waals surface area contributed by atoms with Gasteiger partial charge in [0.1, 0.15) is 5.54 Å². The Morgan fingerprint density at radius 1 is 1.24 bits per heavy atom. The van der Waals surface area contributed by atoms with Gasteiger partial charge in [0.05, 0.1) is 0 Å². The highest BCUT2D eigenvalue weighted by Crippen LogP contribution is 2.49. The van der Waals surface area contributed by atoms with Gasteiger partial charge in [0.25, 0.3) is 0 Å². The van der Waals surface area contributed by atoms with Crippen LogP contribution in [-0.4, -0.2) is 11.7 Å². The summed E-state index contributed by atoms with van der Waals surface area (Å²) in [7, 11) is 0. The summed E-state index contributed by atoms with van der Waals surface area (Å²) in [5.74, 6) is 0. The molecule has 4 heteroatoms. The van der Waals surface area contributed by atoms with Crippen molar-refractivity contribution >= 4 is 0 Å². The van der Waals surface area contributed by atoms with Crippen LogP contribution in [0.15, 0.2) is 18.2 Å². The largest absolute Gasteiger partial charge is 0.406 e. The lowest BCUT2D eigenvalue weighted by molar-refractivity contribution is -0.166. The minimum Gasteiger partial charge on any atom is -0.299 e. The highest BCUT2D eigenvalue weighted by molar-refractivity contribution is 5.30. The van der Waals surface area contributed by atoms with Gasteiger partial charge in [-0.1, -0.05) is 23.8 Å². The first-order valence-corrected chi connectivity index (χ1v) is 5.72. The lowest BCUT2D eigenvalue weighted by Gasteiger charge is -2.21. The maximum atomic E-state index is 12.7. The molecule has 0 atom stereocenters. The predicted octanol–water partition coefficient (Wildman–Crippen LogP) is 3.49. The number of hydrogen-bond acceptors (Lipinski definition) is 1. The Morgan fingerprint density at radius 2 is 1.88 bits per heavy atom. The van der Waals surface area contributed by atoms with E-state index in [1.165, 1.54) is 0 Å². The number of rotatable bonds is 3. The number of hydrogen-bond donors (Lipinski definition) is 1. The summed E-state index contributed by atoms with van der Waals surface area (Å²) < 4.78 is 38.1.